The molecule has 2 aromatic rings. The van der Waals surface area contributed by atoms with Gasteiger partial charge in [0.05, 0.1) is 12.0 Å². The molecule has 2 N–H and O–H groups in total. The number of nitrogens with one attached hydrogen (secondary N) is 2. The van der Waals surface area contributed by atoms with Gasteiger partial charge in [-0.05, 0) is 30.5 Å². The van der Waals surface area contributed by atoms with E-state index in [4.69, 9.17) is 9.47 Å². The molecule has 0 aromatic heterocycles. The molecule has 0 unspecified atom stereocenters. The molecule has 31 heavy (non-hydrogen) atoms. The van der Waals surface area contributed by atoms with Gasteiger partial charge >= 0.3 is 5.97 Å². The number of methoxy groups -OCH3 is 1. The molecule has 0 bridgehead atoms. The Morgan fingerprint density at radius 3 is 2.29 bits per heavy atom. The van der Waals surface area contributed by atoms with E-state index in [-0.39, 0.29) is 24.7 Å². The van der Waals surface area contributed by atoms with Crippen LogP contribution in [0.4, 0.5) is 0 Å². The number of hydrogen-bond acceptors (Lipinski definition) is 5. The molecule has 166 valence electrons. The van der Waals surface area contributed by atoms with E-state index in [0.717, 1.165) is 30.5 Å². The zero-order valence-electron chi connectivity index (χ0n) is 18.3. The molecule has 6 heteroatoms. The summed E-state index contributed by atoms with van der Waals surface area (Å²) in [7, 11) is 1.63. The summed E-state index contributed by atoms with van der Waals surface area (Å²) in [6, 6.07) is 18.5. The summed E-state index contributed by atoms with van der Waals surface area (Å²) in [5.74, 6) is -1.06. The number of carbonyl (C=O) groups excluding carboxylic acids is 2. The average molecular weight is 425 g/mol. The van der Waals surface area contributed by atoms with Gasteiger partial charge in [0, 0.05) is 19.6 Å². The van der Waals surface area contributed by atoms with Crippen molar-refractivity contribution < 1.29 is 19.1 Å². The summed E-state index contributed by atoms with van der Waals surface area (Å²) in [6.45, 7) is 2.95. The molecule has 1 aliphatic heterocycles. The normalized spacial score (nSPS) is 18.7. The highest BCUT2D eigenvalue weighted by Gasteiger charge is 2.34. The topological polar surface area (TPSA) is 76.7 Å². The van der Waals surface area contributed by atoms with Crippen LogP contribution < -0.4 is 10.6 Å². The van der Waals surface area contributed by atoms with Crippen molar-refractivity contribution in [2.24, 2.45) is 5.92 Å². The second kappa shape index (κ2) is 11.6. The molecule has 3 rings (SSSR count). The fourth-order valence-electron chi connectivity index (χ4n) is 4.03. The van der Waals surface area contributed by atoms with Crippen molar-refractivity contribution in [3.05, 3.63) is 71.8 Å². The quantitative estimate of drug-likeness (QED) is 0.574. The molecule has 1 heterocycles. The molecule has 2 aromatic carbocycles. The van der Waals surface area contributed by atoms with Gasteiger partial charge < -0.3 is 20.1 Å². The van der Waals surface area contributed by atoms with Crippen LogP contribution >= 0.6 is 0 Å². The summed E-state index contributed by atoms with van der Waals surface area (Å²) < 4.78 is 11.2. The lowest BCUT2D eigenvalue weighted by Crippen LogP contribution is -2.51. The maximum atomic E-state index is 13.1. The van der Waals surface area contributed by atoms with Crippen molar-refractivity contribution in [2.45, 2.75) is 51.0 Å². The molecule has 0 aliphatic carbocycles. The third kappa shape index (κ3) is 6.64. The van der Waals surface area contributed by atoms with Gasteiger partial charge in [-0.15, -0.1) is 0 Å². The molecular formula is C25H32N2O4. The zero-order chi connectivity index (χ0) is 22.1. The predicted molar refractivity (Wildman–Crippen MR) is 119 cm³/mol. The minimum absolute atomic E-state index is 0.142. The maximum Gasteiger partial charge on any atom is 0.329 e. The van der Waals surface area contributed by atoms with Gasteiger partial charge in [0.15, 0.2) is 0 Å². The molecular weight excluding hydrogens is 392 g/mol. The van der Waals surface area contributed by atoms with Crippen molar-refractivity contribution in [2.75, 3.05) is 13.7 Å². The Balaban J connectivity index is 1.67. The minimum atomic E-state index is -0.768. The van der Waals surface area contributed by atoms with Crippen molar-refractivity contribution >= 4 is 11.9 Å². The standard InChI is InChI=1S/C25H32N2O4/c1-18(23(30-2)21-14-9-15-26-21)24(28)27-22(16-19-10-5-3-6-11-19)25(29)31-17-20-12-7-4-8-13-20/h3-8,10-13,18,21-23,26H,9,14-17H2,1-2H3,(H,27,28)/t18-,21+,22+,23-/m1/s1. The van der Waals surface area contributed by atoms with Crippen molar-refractivity contribution in [1.29, 1.82) is 0 Å². The molecule has 1 aliphatic rings. The van der Waals surface area contributed by atoms with Crippen LogP contribution in [-0.2, 0) is 32.1 Å². The number of amides is 1. The lowest BCUT2D eigenvalue weighted by molar-refractivity contribution is -0.150. The molecule has 4 atom stereocenters. The van der Waals surface area contributed by atoms with E-state index in [1.54, 1.807) is 7.11 Å². The van der Waals surface area contributed by atoms with Crippen LogP contribution in [0.15, 0.2) is 60.7 Å². The lowest BCUT2D eigenvalue weighted by atomic mass is 9.95. The van der Waals surface area contributed by atoms with Gasteiger partial charge in [0.1, 0.15) is 12.6 Å². The highest BCUT2D eigenvalue weighted by atomic mass is 16.5. The number of rotatable bonds is 10. The molecule has 6 nitrogen and oxygen atoms in total. The first-order chi connectivity index (χ1) is 15.1. The van der Waals surface area contributed by atoms with Crippen LogP contribution in [0.1, 0.15) is 30.9 Å². The highest BCUT2D eigenvalue weighted by Crippen LogP contribution is 2.19. The summed E-state index contributed by atoms with van der Waals surface area (Å²) in [5.41, 5.74) is 1.86. The Bertz CT molecular complexity index is 822. The van der Waals surface area contributed by atoms with Gasteiger partial charge in [-0.2, -0.15) is 0 Å². The summed E-state index contributed by atoms with van der Waals surface area (Å²) in [6.07, 6.45) is 2.16. The Kier molecular flexibility index (Phi) is 8.62. The van der Waals surface area contributed by atoms with Crippen LogP contribution in [0.3, 0.4) is 0 Å². The molecule has 1 saturated heterocycles. The molecule has 1 amide bonds. The first-order valence-corrected chi connectivity index (χ1v) is 10.9. The number of benzene rings is 2. The third-order valence-corrected chi connectivity index (χ3v) is 5.78. The monoisotopic (exact) mass is 424 g/mol. The first kappa shape index (κ1) is 23.0. The van der Waals surface area contributed by atoms with Gasteiger partial charge in [0.25, 0.3) is 0 Å². The van der Waals surface area contributed by atoms with Crippen LogP contribution in [0.25, 0.3) is 0 Å². The second-order valence-corrected chi connectivity index (χ2v) is 8.04. The largest absolute Gasteiger partial charge is 0.459 e. The van der Waals surface area contributed by atoms with Gasteiger partial charge in [-0.1, -0.05) is 67.6 Å². The Labute approximate surface area is 184 Å². The van der Waals surface area contributed by atoms with E-state index >= 15 is 0 Å². The summed E-state index contributed by atoms with van der Waals surface area (Å²) in [4.78, 5) is 25.9. The Morgan fingerprint density at radius 2 is 1.71 bits per heavy atom. The van der Waals surface area contributed by atoms with Gasteiger partial charge in [0.2, 0.25) is 5.91 Å². The van der Waals surface area contributed by atoms with E-state index in [1.165, 1.54) is 0 Å². The zero-order valence-corrected chi connectivity index (χ0v) is 18.3. The number of ether oxygens (including phenoxy) is 2. The third-order valence-electron chi connectivity index (χ3n) is 5.78. The SMILES string of the molecule is CO[C@@H]([C@@H]1CCCN1)[C@@H](C)C(=O)N[C@@H](Cc1ccccc1)C(=O)OCc1ccccc1. The number of carbonyl (C=O) groups is 2. The van der Waals surface area contributed by atoms with E-state index in [0.29, 0.717) is 6.42 Å². The smallest absolute Gasteiger partial charge is 0.329 e. The van der Waals surface area contributed by atoms with Gasteiger partial charge in [-0.25, -0.2) is 4.79 Å². The summed E-state index contributed by atoms with van der Waals surface area (Å²) in [5, 5.41) is 6.32. The summed E-state index contributed by atoms with van der Waals surface area (Å²) >= 11 is 0. The Morgan fingerprint density at radius 1 is 1.06 bits per heavy atom. The molecule has 0 spiro atoms. The predicted octanol–water partition coefficient (Wildman–Crippen LogP) is 2.86. The Hall–Kier alpha value is -2.70. The maximum absolute atomic E-state index is 13.1. The van der Waals surface area contributed by atoms with Crippen molar-refractivity contribution in [3.8, 4) is 0 Å². The van der Waals surface area contributed by atoms with Gasteiger partial charge in [-0.3, -0.25) is 4.79 Å². The van der Waals surface area contributed by atoms with Crippen LogP contribution in [-0.4, -0.2) is 43.7 Å². The van der Waals surface area contributed by atoms with E-state index in [9.17, 15) is 9.59 Å². The van der Waals surface area contributed by atoms with E-state index < -0.39 is 17.9 Å². The van der Waals surface area contributed by atoms with Crippen molar-refractivity contribution in [1.82, 2.24) is 10.6 Å². The molecule has 1 fully saturated rings. The van der Waals surface area contributed by atoms with Crippen LogP contribution in [0, 0.1) is 5.92 Å². The minimum Gasteiger partial charge on any atom is -0.459 e. The molecule has 0 saturated carbocycles. The fourth-order valence-corrected chi connectivity index (χ4v) is 4.03. The number of esters is 1. The van der Waals surface area contributed by atoms with Crippen molar-refractivity contribution in [3.63, 3.8) is 0 Å². The first-order valence-electron chi connectivity index (χ1n) is 10.9. The second-order valence-electron chi connectivity index (χ2n) is 8.04. The highest BCUT2D eigenvalue weighted by molar-refractivity contribution is 5.86. The molecule has 0 radical (unpaired) electrons. The fraction of sp³-hybridized carbons (Fsp3) is 0.440. The van der Waals surface area contributed by atoms with Crippen LogP contribution in [0.5, 0.6) is 0 Å². The van der Waals surface area contributed by atoms with E-state index in [2.05, 4.69) is 10.6 Å². The lowest BCUT2D eigenvalue weighted by Gasteiger charge is -2.29. The van der Waals surface area contributed by atoms with E-state index in [1.807, 2.05) is 67.6 Å². The number of hydrogen-bond donors (Lipinski definition) is 2. The average Bonchev–Trinajstić information content (AvgIpc) is 3.33. The van der Waals surface area contributed by atoms with Crippen LogP contribution in [0.2, 0.25) is 0 Å².